The zero-order valence-corrected chi connectivity index (χ0v) is 20.8. The van der Waals surface area contributed by atoms with E-state index in [1.807, 2.05) is 24.3 Å². The first kappa shape index (κ1) is 22.3. The van der Waals surface area contributed by atoms with Crippen molar-refractivity contribution in [3.05, 3.63) is 102 Å². The molecule has 0 atom stereocenters. The van der Waals surface area contributed by atoms with E-state index in [1.54, 1.807) is 7.11 Å². The number of fused-ring (bicyclic) bond motifs is 3. The Hall–Kier alpha value is -4.18. The molecule has 0 unspecified atom stereocenters. The highest BCUT2D eigenvalue weighted by atomic mass is 16.5. The van der Waals surface area contributed by atoms with Crippen molar-refractivity contribution in [1.29, 1.82) is 0 Å². The van der Waals surface area contributed by atoms with E-state index in [0.29, 0.717) is 17.5 Å². The van der Waals surface area contributed by atoms with Crippen LogP contribution in [0.15, 0.2) is 95.4 Å². The second kappa shape index (κ2) is 8.80. The summed E-state index contributed by atoms with van der Waals surface area (Å²) in [6, 6.07) is 31.7. The Bertz CT molecular complexity index is 1540. The average molecular weight is 473 g/mol. The fourth-order valence-corrected chi connectivity index (χ4v) is 5.85. The summed E-state index contributed by atoms with van der Waals surface area (Å²) in [5.41, 5.74) is 9.80. The monoisotopic (exact) mass is 472 g/mol. The van der Waals surface area contributed by atoms with Crippen molar-refractivity contribution >= 4 is 0 Å². The van der Waals surface area contributed by atoms with E-state index >= 15 is 0 Å². The number of ether oxygens (including phenoxy) is 1. The van der Waals surface area contributed by atoms with Crippen LogP contribution in [0, 0.1) is 0 Å². The molecule has 4 heteroatoms. The highest BCUT2D eigenvalue weighted by Gasteiger charge is 2.41. The van der Waals surface area contributed by atoms with Gasteiger partial charge in [0, 0.05) is 11.0 Å². The standard InChI is InChI=1S/C32H28N2O2/c1-4-32(5-2)27-15-8-6-11-24(27)25-14-10-13-23(29(25)32)21-17-19-22(20-18-21)30-33-34-31(36-30)26-12-7-9-16-28(26)35-3/h6-20H,4-5H2,1-3H3. The number of nitrogens with zero attached hydrogens (tertiary/aromatic N) is 2. The second-order valence-corrected chi connectivity index (χ2v) is 9.25. The van der Waals surface area contributed by atoms with E-state index in [0.717, 1.165) is 24.0 Å². The Kier molecular flexibility index (Phi) is 5.45. The van der Waals surface area contributed by atoms with Gasteiger partial charge in [0.05, 0.1) is 12.7 Å². The Morgan fingerprint density at radius 1 is 0.639 bits per heavy atom. The molecule has 0 N–H and O–H groups in total. The molecular weight excluding hydrogens is 444 g/mol. The lowest BCUT2D eigenvalue weighted by Crippen LogP contribution is -2.23. The largest absolute Gasteiger partial charge is 0.496 e. The molecular formula is C32H28N2O2. The van der Waals surface area contributed by atoms with Crippen LogP contribution in [0.3, 0.4) is 0 Å². The van der Waals surface area contributed by atoms with Gasteiger partial charge in [-0.3, -0.25) is 0 Å². The van der Waals surface area contributed by atoms with Crippen LogP contribution in [-0.4, -0.2) is 17.3 Å². The molecule has 5 aromatic rings. The normalized spacial score (nSPS) is 13.3. The molecule has 4 nitrogen and oxygen atoms in total. The number of methoxy groups -OCH3 is 1. The van der Waals surface area contributed by atoms with Gasteiger partial charge in [-0.05, 0) is 70.5 Å². The number of aromatic nitrogens is 2. The van der Waals surface area contributed by atoms with E-state index in [9.17, 15) is 0 Å². The predicted octanol–water partition coefficient (Wildman–Crippen LogP) is 8.17. The Balaban J connectivity index is 1.40. The summed E-state index contributed by atoms with van der Waals surface area (Å²) in [7, 11) is 1.64. The van der Waals surface area contributed by atoms with E-state index in [1.165, 1.54) is 33.4 Å². The van der Waals surface area contributed by atoms with Crippen molar-refractivity contribution in [2.24, 2.45) is 0 Å². The van der Waals surface area contributed by atoms with Crippen LogP contribution in [0.1, 0.15) is 37.8 Å². The molecule has 0 aliphatic heterocycles. The molecule has 36 heavy (non-hydrogen) atoms. The number of rotatable bonds is 6. The van der Waals surface area contributed by atoms with Crippen molar-refractivity contribution in [3.63, 3.8) is 0 Å². The zero-order valence-electron chi connectivity index (χ0n) is 20.8. The third kappa shape index (κ3) is 3.29. The molecule has 0 amide bonds. The van der Waals surface area contributed by atoms with Crippen LogP contribution in [-0.2, 0) is 5.41 Å². The van der Waals surface area contributed by atoms with Gasteiger partial charge < -0.3 is 9.15 Å². The number of hydrogen-bond acceptors (Lipinski definition) is 4. The van der Waals surface area contributed by atoms with Crippen molar-refractivity contribution in [2.45, 2.75) is 32.1 Å². The summed E-state index contributed by atoms with van der Waals surface area (Å²) < 4.78 is 11.5. The van der Waals surface area contributed by atoms with Crippen molar-refractivity contribution in [1.82, 2.24) is 10.2 Å². The van der Waals surface area contributed by atoms with Crippen LogP contribution in [0.4, 0.5) is 0 Å². The van der Waals surface area contributed by atoms with Crippen molar-refractivity contribution < 1.29 is 9.15 Å². The first-order chi connectivity index (χ1) is 17.7. The molecule has 0 radical (unpaired) electrons. The topological polar surface area (TPSA) is 48.2 Å². The first-order valence-electron chi connectivity index (χ1n) is 12.5. The predicted molar refractivity (Wildman–Crippen MR) is 144 cm³/mol. The first-order valence-corrected chi connectivity index (χ1v) is 12.5. The maximum absolute atomic E-state index is 6.03. The summed E-state index contributed by atoms with van der Waals surface area (Å²) >= 11 is 0. The number of hydrogen-bond donors (Lipinski definition) is 0. The van der Waals surface area contributed by atoms with E-state index in [4.69, 9.17) is 9.15 Å². The fraction of sp³-hybridized carbons (Fsp3) is 0.188. The maximum atomic E-state index is 6.03. The van der Waals surface area contributed by atoms with Crippen LogP contribution in [0.25, 0.3) is 45.2 Å². The number of para-hydroxylation sites is 1. The summed E-state index contributed by atoms with van der Waals surface area (Å²) in [5.74, 6) is 1.64. The minimum atomic E-state index is 0.0251. The molecule has 0 fully saturated rings. The highest BCUT2D eigenvalue weighted by Crippen LogP contribution is 2.55. The molecule has 0 spiro atoms. The van der Waals surface area contributed by atoms with Gasteiger partial charge in [-0.25, -0.2) is 0 Å². The Labute approximate surface area is 211 Å². The van der Waals surface area contributed by atoms with Crippen LogP contribution < -0.4 is 4.74 Å². The lowest BCUT2D eigenvalue weighted by Gasteiger charge is -2.31. The average Bonchev–Trinajstić information content (AvgIpc) is 3.55. The lowest BCUT2D eigenvalue weighted by atomic mass is 9.71. The third-order valence-electron chi connectivity index (χ3n) is 7.69. The summed E-state index contributed by atoms with van der Waals surface area (Å²) in [5, 5.41) is 8.57. The molecule has 178 valence electrons. The zero-order chi connectivity index (χ0) is 24.7. The SMILES string of the molecule is CCC1(CC)c2ccccc2-c2cccc(-c3ccc(-c4nnc(-c5ccccc5OC)o4)cc3)c21. The summed E-state index contributed by atoms with van der Waals surface area (Å²) in [4.78, 5) is 0. The fourth-order valence-electron chi connectivity index (χ4n) is 5.85. The minimum absolute atomic E-state index is 0.0251. The molecule has 0 bridgehead atoms. The highest BCUT2D eigenvalue weighted by molar-refractivity contribution is 5.88. The van der Waals surface area contributed by atoms with Gasteiger partial charge in [-0.2, -0.15) is 0 Å². The molecule has 1 aliphatic rings. The Morgan fingerprint density at radius 3 is 2.00 bits per heavy atom. The van der Waals surface area contributed by atoms with Crippen LogP contribution >= 0.6 is 0 Å². The number of benzene rings is 4. The van der Waals surface area contributed by atoms with Gasteiger partial charge in [-0.15, -0.1) is 10.2 Å². The van der Waals surface area contributed by atoms with E-state index in [-0.39, 0.29) is 5.41 Å². The molecule has 6 rings (SSSR count). The molecule has 1 aromatic heterocycles. The molecule has 4 aromatic carbocycles. The smallest absolute Gasteiger partial charge is 0.251 e. The maximum Gasteiger partial charge on any atom is 0.251 e. The van der Waals surface area contributed by atoms with Crippen molar-refractivity contribution in [2.75, 3.05) is 7.11 Å². The van der Waals surface area contributed by atoms with Gasteiger partial charge >= 0.3 is 0 Å². The molecule has 1 aliphatic carbocycles. The molecule has 0 saturated heterocycles. The van der Waals surface area contributed by atoms with E-state index in [2.05, 4.69) is 90.8 Å². The summed E-state index contributed by atoms with van der Waals surface area (Å²) in [6.45, 7) is 4.62. The second-order valence-electron chi connectivity index (χ2n) is 9.25. The Morgan fingerprint density at radius 2 is 1.25 bits per heavy atom. The minimum Gasteiger partial charge on any atom is -0.496 e. The van der Waals surface area contributed by atoms with Crippen molar-refractivity contribution in [3.8, 4) is 50.9 Å². The third-order valence-corrected chi connectivity index (χ3v) is 7.69. The van der Waals surface area contributed by atoms with Gasteiger partial charge in [0.1, 0.15) is 5.75 Å². The van der Waals surface area contributed by atoms with Gasteiger partial charge in [0.2, 0.25) is 5.89 Å². The van der Waals surface area contributed by atoms with Crippen LogP contribution in [0.5, 0.6) is 5.75 Å². The quantitative estimate of drug-likeness (QED) is 0.250. The molecule has 0 saturated carbocycles. The van der Waals surface area contributed by atoms with Crippen LogP contribution in [0.2, 0.25) is 0 Å². The van der Waals surface area contributed by atoms with Gasteiger partial charge in [-0.1, -0.05) is 80.6 Å². The van der Waals surface area contributed by atoms with Gasteiger partial charge in [0.15, 0.2) is 0 Å². The van der Waals surface area contributed by atoms with Gasteiger partial charge in [0.25, 0.3) is 5.89 Å². The lowest BCUT2D eigenvalue weighted by molar-refractivity contribution is 0.414. The molecule has 1 heterocycles. The van der Waals surface area contributed by atoms with E-state index < -0.39 is 0 Å². The summed E-state index contributed by atoms with van der Waals surface area (Å²) in [6.07, 6.45) is 2.13.